The molecule has 116 valence electrons. The van der Waals surface area contributed by atoms with Crippen molar-refractivity contribution < 1.29 is 4.79 Å². The van der Waals surface area contributed by atoms with Crippen molar-refractivity contribution in [3.8, 4) is 0 Å². The van der Waals surface area contributed by atoms with Crippen LogP contribution in [0.2, 0.25) is 0 Å². The van der Waals surface area contributed by atoms with Crippen LogP contribution in [0, 0.1) is 11.8 Å². The summed E-state index contributed by atoms with van der Waals surface area (Å²) in [6, 6.07) is 10.2. The van der Waals surface area contributed by atoms with Crippen LogP contribution < -0.4 is 0 Å². The first-order valence-electron chi connectivity index (χ1n) is 7.96. The number of alkyl halides is 1. The number of rotatable bonds is 6. The van der Waals surface area contributed by atoms with Gasteiger partial charge in [-0.25, -0.2) is 0 Å². The Balaban J connectivity index is 2.07. The monoisotopic (exact) mass is 307 g/mol. The van der Waals surface area contributed by atoms with Crippen molar-refractivity contribution in [3.05, 3.63) is 35.9 Å². The Morgan fingerprint density at radius 2 is 1.95 bits per heavy atom. The number of hydrogen-bond donors (Lipinski definition) is 0. The topological polar surface area (TPSA) is 20.3 Å². The Bertz CT molecular complexity index is 456. The van der Waals surface area contributed by atoms with Gasteiger partial charge in [-0.2, -0.15) is 0 Å². The summed E-state index contributed by atoms with van der Waals surface area (Å²) >= 11 is 6.03. The van der Waals surface area contributed by atoms with Crippen molar-refractivity contribution in [3.63, 3.8) is 0 Å². The van der Waals surface area contributed by atoms with Crippen molar-refractivity contribution in [2.75, 3.05) is 13.6 Å². The molecule has 1 fully saturated rings. The van der Waals surface area contributed by atoms with Gasteiger partial charge in [0.1, 0.15) is 0 Å². The van der Waals surface area contributed by atoms with Crippen LogP contribution >= 0.6 is 11.6 Å². The summed E-state index contributed by atoms with van der Waals surface area (Å²) in [6.45, 7) is 5.15. The Kier molecular flexibility index (Phi) is 5.69. The highest BCUT2D eigenvalue weighted by Crippen LogP contribution is 2.34. The van der Waals surface area contributed by atoms with Crippen LogP contribution in [-0.4, -0.2) is 29.8 Å². The third-order valence-corrected chi connectivity index (χ3v) is 5.08. The highest BCUT2D eigenvalue weighted by atomic mass is 35.5. The molecule has 0 spiro atoms. The van der Waals surface area contributed by atoms with Gasteiger partial charge in [0.15, 0.2) is 0 Å². The summed E-state index contributed by atoms with van der Waals surface area (Å²) in [6.07, 6.45) is 3.09. The third-order valence-electron chi connectivity index (χ3n) is 4.72. The largest absolute Gasteiger partial charge is 0.345 e. The SMILES string of the molecule is CCC(C)C(C(=O)N(C)CC1CC(Cl)C1)c1ccccc1. The lowest BCUT2D eigenvalue weighted by Crippen LogP contribution is -2.41. The highest BCUT2D eigenvalue weighted by Gasteiger charge is 2.32. The quantitative estimate of drug-likeness (QED) is 0.718. The lowest BCUT2D eigenvalue weighted by Gasteiger charge is -2.36. The zero-order chi connectivity index (χ0) is 15.4. The van der Waals surface area contributed by atoms with Crippen LogP contribution in [0.1, 0.15) is 44.6 Å². The Hall–Kier alpha value is -1.02. The lowest BCUT2D eigenvalue weighted by molar-refractivity contribution is -0.133. The van der Waals surface area contributed by atoms with Gasteiger partial charge < -0.3 is 4.90 Å². The van der Waals surface area contributed by atoms with E-state index in [0.717, 1.165) is 31.4 Å². The van der Waals surface area contributed by atoms with Gasteiger partial charge in [-0.15, -0.1) is 11.6 Å². The zero-order valence-electron chi connectivity index (χ0n) is 13.3. The molecule has 2 rings (SSSR count). The highest BCUT2D eigenvalue weighted by molar-refractivity contribution is 6.21. The molecule has 1 aromatic rings. The second-order valence-corrected chi connectivity index (χ2v) is 7.04. The predicted molar refractivity (Wildman–Crippen MR) is 88.6 cm³/mol. The van der Waals surface area contributed by atoms with E-state index >= 15 is 0 Å². The van der Waals surface area contributed by atoms with Crippen molar-refractivity contribution in [2.45, 2.75) is 44.4 Å². The van der Waals surface area contributed by atoms with Gasteiger partial charge >= 0.3 is 0 Å². The minimum Gasteiger partial charge on any atom is -0.345 e. The molecule has 1 aromatic carbocycles. The van der Waals surface area contributed by atoms with Gasteiger partial charge in [0.05, 0.1) is 5.92 Å². The van der Waals surface area contributed by atoms with Crippen LogP contribution in [0.15, 0.2) is 30.3 Å². The molecule has 0 aromatic heterocycles. The fourth-order valence-corrected chi connectivity index (χ4v) is 3.63. The molecule has 1 amide bonds. The molecule has 0 radical (unpaired) electrons. The second-order valence-electron chi connectivity index (χ2n) is 6.43. The van der Waals surface area contributed by atoms with E-state index in [9.17, 15) is 4.79 Å². The summed E-state index contributed by atoms with van der Waals surface area (Å²) in [4.78, 5) is 14.8. The van der Waals surface area contributed by atoms with Gasteiger partial charge in [-0.05, 0) is 30.2 Å². The molecule has 21 heavy (non-hydrogen) atoms. The molecule has 0 heterocycles. The number of carbonyl (C=O) groups is 1. The summed E-state index contributed by atoms with van der Waals surface area (Å²) in [5.41, 5.74) is 1.13. The molecular formula is C18H26ClNO. The first-order chi connectivity index (χ1) is 10.0. The summed E-state index contributed by atoms with van der Waals surface area (Å²) in [7, 11) is 1.93. The van der Waals surface area contributed by atoms with Crippen molar-refractivity contribution in [1.29, 1.82) is 0 Å². The number of nitrogens with zero attached hydrogens (tertiary/aromatic N) is 1. The van der Waals surface area contributed by atoms with Crippen LogP contribution in [0.4, 0.5) is 0 Å². The number of likely N-dealkylation sites (N-methyl/N-ethyl adjacent to an activating group) is 1. The molecule has 2 atom stereocenters. The first-order valence-corrected chi connectivity index (χ1v) is 8.40. The lowest BCUT2D eigenvalue weighted by atomic mass is 9.82. The Morgan fingerprint density at radius 3 is 2.48 bits per heavy atom. The molecular weight excluding hydrogens is 282 g/mol. The normalized spacial score (nSPS) is 24.0. The molecule has 1 saturated carbocycles. The molecule has 0 N–H and O–H groups in total. The Labute approximate surface area is 133 Å². The van der Waals surface area contributed by atoms with E-state index in [1.54, 1.807) is 0 Å². The molecule has 3 heteroatoms. The summed E-state index contributed by atoms with van der Waals surface area (Å²) in [5.74, 6) is 1.14. The number of halogens is 1. The minimum atomic E-state index is -0.0342. The molecule has 1 aliphatic carbocycles. The average Bonchev–Trinajstić information content (AvgIpc) is 2.46. The molecule has 0 aliphatic heterocycles. The van der Waals surface area contributed by atoms with E-state index in [-0.39, 0.29) is 11.8 Å². The van der Waals surface area contributed by atoms with Crippen LogP contribution in [-0.2, 0) is 4.79 Å². The number of carbonyl (C=O) groups excluding carboxylic acids is 1. The third kappa shape index (κ3) is 4.00. The molecule has 2 nitrogen and oxygen atoms in total. The molecule has 0 bridgehead atoms. The van der Waals surface area contributed by atoms with Crippen molar-refractivity contribution in [1.82, 2.24) is 4.90 Å². The van der Waals surface area contributed by atoms with E-state index in [1.165, 1.54) is 0 Å². The fraction of sp³-hybridized carbons (Fsp3) is 0.611. The van der Waals surface area contributed by atoms with Gasteiger partial charge in [-0.1, -0.05) is 50.6 Å². The molecule has 2 unspecified atom stereocenters. The number of amides is 1. The molecule has 1 aliphatic rings. The predicted octanol–water partition coefficient (Wildman–Crippen LogP) is 4.29. The van der Waals surface area contributed by atoms with Gasteiger partial charge in [0.2, 0.25) is 5.91 Å². The fourth-order valence-electron chi connectivity index (χ4n) is 3.13. The smallest absolute Gasteiger partial charge is 0.230 e. The maximum absolute atomic E-state index is 12.9. The van der Waals surface area contributed by atoms with E-state index in [4.69, 9.17) is 11.6 Å². The second kappa shape index (κ2) is 7.31. The van der Waals surface area contributed by atoms with Crippen molar-refractivity contribution >= 4 is 17.5 Å². The van der Waals surface area contributed by atoms with Crippen molar-refractivity contribution in [2.24, 2.45) is 11.8 Å². The molecule has 0 saturated heterocycles. The maximum Gasteiger partial charge on any atom is 0.230 e. The first kappa shape index (κ1) is 16.4. The van der Waals surface area contributed by atoms with Gasteiger partial charge in [0, 0.05) is 19.0 Å². The standard InChI is InChI=1S/C18H26ClNO/c1-4-13(2)17(15-8-6-5-7-9-15)18(21)20(3)12-14-10-16(19)11-14/h5-9,13-14,16-17H,4,10-12H2,1-3H3. The summed E-state index contributed by atoms with van der Waals surface area (Å²) < 4.78 is 0. The van der Waals surface area contributed by atoms with Crippen LogP contribution in [0.3, 0.4) is 0 Å². The van der Waals surface area contributed by atoms with E-state index in [0.29, 0.717) is 17.2 Å². The van der Waals surface area contributed by atoms with E-state index < -0.39 is 0 Å². The minimum absolute atomic E-state index is 0.0342. The number of benzene rings is 1. The van der Waals surface area contributed by atoms with Gasteiger partial charge in [-0.3, -0.25) is 4.79 Å². The average molecular weight is 308 g/mol. The van der Waals surface area contributed by atoms with E-state index in [1.807, 2.05) is 30.1 Å². The van der Waals surface area contributed by atoms with Gasteiger partial charge in [0.25, 0.3) is 0 Å². The van der Waals surface area contributed by atoms with Crippen LogP contribution in [0.25, 0.3) is 0 Å². The van der Waals surface area contributed by atoms with E-state index in [2.05, 4.69) is 26.0 Å². The number of hydrogen-bond acceptors (Lipinski definition) is 1. The Morgan fingerprint density at radius 1 is 1.33 bits per heavy atom. The summed E-state index contributed by atoms with van der Waals surface area (Å²) in [5, 5.41) is 0.318. The maximum atomic E-state index is 12.9. The van der Waals surface area contributed by atoms with Crippen LogP contribution in [0.5, 0.6) is 0 Å². The zero-order valence-corrected chi connectivity index (χ0v) is 14.0.